The molecule has 6 rings (SSSR count). The highest BCUT2D eigenvalue weighted by atomic mass is 19.3. The maximum atomic E-state index is 14.7. The third-order valence-corrected chi connectivity index (χ3v) is 6.96. The van der Waals surface area contributed by atoms with Gasteiger partial charge in [0.15, 0.2) is 23.1 Å². The van der Waals surface area contributed by atoms with Crippen molar-refractivity contribution in [3.63, 3.8) is 0 Å². The summed E-state index contributed by atoms with van der Waals surface area (Å²) in [7, 11) is 0. The summed E-state index contributed by atoms with van der Waals surface area (Å²) in [6.07, 6.45) is 1.12. The predicted octanol–water partition coefficient (Wildman–Crippen LogP) is 4.86. The number of hydrogen-bond acceptors (Lipinski definition) is 6. The molecule has 0 unspecified atom stereocenters. The van der Waals surface area contributed by atoms with Crippen molar-refractivity contribution in [1.29, 1.82) is 0 Å². The second-order valence-electron chi connectivity index (χ2n) is 9.67. The number of alkyl halides is 3. The Hall–Kier alpha value is -3.70. The number of hydrogen-bond donors (Lipinski definition) is 0. The van der Waals surface area contributed by atoms with Gasteiger partial charge in [0.05, 0.1) is 18.5 Å². The number of nitrogens with zero attached hydrogens (tertiary/aromatic N) is 4. The van der Waals surface area contributed by atoms with E-state index in [2.05, 4.69) is 14.9 Å². The van der Waals surface area contributed by atoms with E-state index >= 15 is 0 Å². The SMILES string of the molecule is O=c1nc(OCc2cc(F)c(Oc3ccnc(C4(F)CC(F)(F)C4)c3)c(F)c2)cc2n1C[C@H]1CCCN21. The maximum Gasteiger partial charge on any atom is 0.352 e. The zero-order chi connectivity index (χ0) is 25.9. The van der Waals surface area contributed by atoms with Gasteiger partial charge in [-0.25, -0.2) is 26.7 Å². The maximum absolute atomic E-state index is 14.7. The third kappa shape index (κ3) is 4.27. The Kier molecular flexibility index (Phi) is 5.39. The lowest BCUT2D eigenvalue weighted by Crippen LogP contribution is -2.46. The van der Waals surface area contributed by atoms with Crippen LogP contribution in [0.5, 0.6) is 17.4 Å². The number of ether oxygens (including phenoxy) is 2. The van der Waals surface area contributed by atoms with Crippen molar-refractivity contribution in [2.45, 2.75) is 56.5 Å². The predicted molar refractivity (Wildman–Crippen MR) is 121 cm³/mol. The van der Waals surface area contributed by atoms with Crippen LogP contribution in [0.15, 0.2) is 41.3 Å². The lowest BCUT2D eigenvalue weighted by atomic mass is 9.76. The van der Waals surface area contributed by atoms with E-state index in [1.54, 1.807) is 10.6 Å². The first-order chi connectivity index (χ1) is 17.6. The number of halogens is 5. The van der Waals surface area contributed by atoms with Crippen LogP contribution in [0.4, 0.5) is 27.8 Å². The number of anilines is 1. The van der Waals surface area contributed by atoms with Crippen LogP contribution in [-0.4, -0.2) is 33.0 Å². The minimum Gasteiger partial charge on any atom is -0.473 e. The highest BCUT2D eigenvalue weighted by molar-refractivity contribution is 5.48. The molecule has 0 radical (unpaired) electrons. The van der Waals surface area contributed by atoms with Gasteiger partial charge >= 0.3 is 5.69 Å². The summed E-state index contributed by atoms with van der Waals surface area (Å²) in [5.74, 6) is -5.35. The molecule has 37 heavy (non-hydrogen) atoms. The van der Waals surface area contributed by atoms with E-state index in [1.807, 2.05) is 0 Å². The van der Waals surface area contributed by atoms with Gasteiger partial charge in [0.1, 0.15) is 18.2 Å². The van der Waals surface area contributed by atoms with Gasteiger partial charge in [0.2, 0.25) is 5.88 Å². The molecule has 2 aromatic heterocycles. The van der Waals surface area contributed by atoms with Crippen molar-refractivity contribution < 1.29 is 31.4 Å². The van der Waals surface area contributed by atoms with Crippen LogP contribution in [0.1, 0.15) is 36.9 Å². The van der Waals surface area contributed by atoms with Gasteiger partial charge in [0.25, 0.3) is 5.92 Å². The summed E-state index contributed by atoms with van der Waals surface area (Å²) in [5.41, 5.74) is -2.94. The smallest absolute Gasteiger partial charge is 0.352 e. The molecule has 2 aliphatic heterocycles. The van der Waals surface area contributed by atoms with Gasteiger partial charge in [-0.3, -0.25) is 9.55 Å². The Morgan fingerprint density at radius 2 is 1.84 bits per heavy atom. The van der Waals surface area contributed by atoms with E-state index in [0.29, 0.717) is 6.54 Å². The van der Waals surface area contributed by atoms with Gasteiger partial charge in [-0.15, -0.1) is 0 Å². The van der Waals surface area contributed by atoms with E-state index in [9.17, 15) is 26.7 Å². The van der Waals surface area contributed by atoms with Crippen LogP contribution < -0.4 is 20.1 Å². The molecule has 0 spiro atoms. The van der Waals surface area contributed by atoms with Gasteiger partial charge in [-0.05, 0) is 36.6 Å². The topological polar surface area (TPSA) is 69.5 Å². The van der Waals surface area contributed by atoms with Crippen LogP contribution in [0, 0.1) is 11.6 Å². The van der Waals surface area contributed by atoms with Gasteiger partial charge in [-0.2, -0.15) is 4.98 Å². The molecular weight excluding hydrogens is 499 g/mol. The molecule has 1 saturated heterocycles. The van der Waals surface area contributed by atoms with Crippen molar-refractivity contribution in [3.05, 3.63) is 69.9 Å². The molecule has 3 aliphatic rings. The lowest BCUT2D eigenvalue weighted by molar-refractivity contribution is -0.176. The first kappa shape index (κ1) is 23.7. The quantitative estimate of drug-likeness (QED) is 0.433. The van der Waals surface area contributed by atoms with E-state index in [-0.39, 0.29) is 35.5 Å². The van der Waals surface area contributed by atoms with Crippen LogP contribution in [0.25, 0.3) is 0 Å². The summed E-state index contributed by atoms with van der Waals surface area (Å²) < 4.78 is 82.9. The number of benzene rings is 1. The molecule has 1 atom stereocenters. The van der Waals surface area contributed by atoms with Gasteiger partial charge in [-0.1, -0.05) is 0 Å². The van der Waals surface area contributed by atoms with E-state index in [1.165, 1.54) is 6.07 Å². The van der Waals surface area contributed by atoms with Crippen molar-refractivity contribution in [3.8, 4) is 17.4 Å². The number of fused-ring (bicyclic) bond motifs is 3. The Morgan fingerprint density at radius 3 is 2.57 bits per heavy atom. The fraction of sp³-hybridized carbons (Fsp3) is 0.400. The largest absolute Gasteiger partial charge is 0.473 e. The minimum atomic E-state index is -3.12. The van der Waals surface area contributed by atoms with Gasteiger partial charge < -0.3 is 14.4 Å². The molecule has 12 heteroatoms. The third-order valence-electron chi connectivity index (χ3n) is 6.96. The molecule has 0 bridgehead atoms. The first-order valence-corrected chi connectivity index (χ1v) is 11.8. The van der Waals surface area contributed by atoms with Crippen LogP contribution in [-0.2, 0) is 18.8 Å². The van der Waals surface area contributed by atoms with Crippen molar-refractivity contribution in [2.75, 3.05) is 11.4 Å². The molecule has 3 aromatic rings. The van der Waals surface area contributed by atoms with Crippen molar-refractivity contribution in [2.24, 2.45) is 0 Å². The summed E-state index contributed by atoms with van der Waals surface area (Å²) in [5, 5.41) is 0. The molecule has 0 amide bonds. The summed E-state index contributed by atoms with van der Waals surface area (Å²) in [4.78, 5) is 22.2. The highest BCUT2D eigenvalue weighted by Gasteiger charge is 2.59. The second-order valence-corrected chi connectivity index (χ2v) is 9.67. The average molecular weight is 520 g/mol. The number of aromatic nitrogens is 3. The second kappa shape index (κ2) is 8.42. The minimum absolute atomic E-state index is 0.0518. The fourth-order valence-corrected chi connectivity index (χ4v) is 5.23. The number of rotatable bonds is 6. The van der Waals surface area contributed by atoms with Crippen molar-refractivity contribution >= 4 is 5.82 Å². The standard InChI is InChI=1S/C25H21F5N4O3/c26-17-6-14(11-36-20-9-21-33-5-1-2-15(33)10-34(21)23(35)32-20)7-18(27)22(17)37-16-3-4-31-19(8-16)24(28)12-25(29,30)13-24/h3-4,6-9,15H,1-2,5,10-13H2/t15-/m1/s1. The lowest BCUT2D eigenvalue weighted by Gasteiger charge is -2.40. The van der Waals surface area contributed by atoms with E-state index < -0.39 is 47.5 Å². The Bertz CT molecular complexity index is 1420. The van der Waals surface area contributed by atoms with Crippen LogP contribution in [0.3, 0.4) is 0 Å². The molecule has 1 aromatic carbocycles. The number of pyridine rings is 1. The molecule has 0 N–H and O–H groups in total. The molecular formula is C25H21F5N4O3. The summed E-state index contributed by atoms with van der Waals surface area (Å²) in [6, 6.07) is 6.20. The molecule has 1 aliphatic carbocycles. The van der Waals surface area contributed by atoms with E-state index in [4.69, 9.17) is 9.47 Å². The molecule has 194 valence electrons. The Morgan fingerprint density at radius 1 is 1.08 bits per heavy atom. The van der Waals surface area contributed by atoms with E-state index in [0.717, 1.165) is 49.6 Å². The summed E-state index contributed by atoms with van der Waals surface area (Å²) in [6.45, 7) is 1.16. The fourth-order valence-electron chi connectivity index (χ4n) is 5.23. The molecule has 1 saturated carbocycles. The molecule has 7 nitrogen and oxygen atoms in total. The van der Waals surface area contributed by atoms with Crippen molar-refractivity contribution in [1.82, 2.24) is 14.5 Å². The zero-order valence-electron chi connectivity index (χ0n) is 19.4. The monoisotopic (exact) mass is 520 g/mol. The van der Waals surface area contributed by atoms with Gasteiger partial charge in [0, 0.05) is 37.5 Å². The Labute approximate surface area is 207 Å². The van der Waals surface area contributed by atoms with Crippen LogP contribution >= 0.6 is 0 Å². The summed E-state index contributed by atoms with van der Waals surface area (Å²) >= 11 is 0. The Balaban J connectivity index is 1.16. The zero-order valence-corrected chi connectivity index (χ0v) is 19.4. The van der Waals surface area contributed by atoms with Crippen LogP contribution in [0.2, 0.25) is 0 Å². The molecule has 2 fully saturated rings. The average Bonchev–Trinajstić information content (AvgIpc) is 3.42. The molecule has 4 heterocycles. The first-order valence-electron chi connectivity index (χ1n) is 11.8. The highest BCUT2D eigenvalue weighted by Crippen LogP contribution is 2.54. The normalized spacial score (nSPS) is 20.8.